The van der Waals surface area contributed by atoms with E-state index in [1.165, 1.54) is 10.5 Å². The minimum Gasteiger partial charge on any atom is -0.328 e. The molecule has 0 saturated carbocycles. The first-order chi connectivity index (χ1) is 13.8. The lowest BCUT2D eigenvalue weighted by Gasteiger charge is -2.35. The van der Waals surface area contributed by atoms with E-state index in [2.05, 4.69) is 15.0 Å². The number of nitrogens with zero attached hydrogens (tertiary/aromatic N) is 4. The number of likely N-dealkylation sites (tertiary alicyclic amines) is 1. The molecule has 0 aromatic carbocycles. The van der Waals surface area contributed by atoms with Crippen LogP contribution in [0.5, 0.6) is 0 Å². The van der Waals surface area contributed by atoms with Gasteiger partial charge in [0.1, 0.15) is 5.82 Å². The molecule has 4 rings (SSSR count). The van der Waals surface area contributed by atoms with Gasteiger partial charge >= 0.3 is 0 Å². The predicted octanol–water partition coefficient (Wildman–Crippen LogP) is 0.850. The highest BCUT2D eigenvalue weighted by Crippen LogP contribution is 2.30. The molecule has 1 unspecified atom stereocenters. The van der Waals surface area contributed by atoms with Crippen molar-refractivity contribution in [2.45, 2.75) is 38.3 Å². The number of fused-ring (bicyclic) bond motifs is 1. The third kappa shape index (κ3) is 3.95. The molecule has 10 heteroatoms. The molecule has 1 atom stereocenters. The molecule has 0 spiro atoms. The minimum atomic E-state index is -3.37. The molecule has 0 bridgehead atoms. The van der Waals surface area contributed by atoms with Gasteiger partial charge in [0.2, 0.25) is 10.0 Å². The highest BCUT2D eigenvalue weighted by Gasteiger charge is 2.33. The Hall–Kier alpha value is -2.59. The zero-order valence-corrected chi connectivity index (χ0v) is 17.0. The lowest BCUT2D eigenvalue weighted by molar-refractivity contribution is 0.0598. The van der Waals surface area contributed by atoms with E-state index < -0.39 is 10.0 Å². The van der Waals surface area contributed by atoms with E-state index in [9.17, 15) is 18.0 Å². The lowest BCUT2D eigenvalue weighted by Crippen LogP contribution is -2.42. The molecule has 2 aliphatic rings. The Kier molecular flexibility index (Phi) is 5.22. The van der Waals surface area contributed by atoms with Crippen LogP contribution in [0.15, 0.2) is 29.3 Å². The van der Waals surface area contributed by atoms with Gasteiger partial charge in [0.25, 0.3) is 11.5 Å². The SMILES string of the molecule is CS(=O)(=O)N1CCc2c(nc(C3CCCCN3C(=O)c3cccnc3)[nH]c2=O)C1. The van der Waals surface area contributed by atoms with Crippen LogP contribution >= 0.6 is 0 Å². The molecule has 1 N–H and O–H groups in total. The standard InChI is InChI=1S/C19H23N5O4S/c1-29(27,28)23-10-7-14-15(12-23)21-17(22-18(14)25)16-6-2-3-9-24(16)19(26)13-5-4-8-20-11-13/h4-5,8,11,16H,2-3,6-7,9-10,12H2,1H3,(H,21,22,25). The summed E-state index contributed by atoms with van der Waals surface area (Å²) in [4.78, 5) is 38.9. The molecule has 1 amide bonds. The molecule has 2 aliphatic heterocycles. The van der Waals surface area contributed by atoms with E-state index in [1.54, 1.807) is 23.2 Å². The highest BCUT2D eigenvalue weighted by atomic mass is 32.2. The molecule has 0 radical (unpaired) electrons. The van der Waals surface area contributed by atoms with Gasteiger partial charge in [0.05, 0.1) is 30.1 Å². The van der Waals surface area contributed by atoms with Crippen molar-refractivity contribution in [3.8, 4) is 0 Å². The van der Waals surface area contributed by atoms with Gasteiger partial charge in [0.15, 0.2) is 0 Å². The Morgan fingerprint density at radius 3 is 2.83 bits per heavy atom. The van der Waals surface area contributed by atoms with Gasteiger partial charge in [-0.15, -0.1) is 0 Å². The van der Waals surface area contributed by atoms with Gasteiger partial charge in [-0.2, -0.15) is 4.31 Å². The summed E-state index contributed by atoms with van der Waals surface area (Å²) in [7, 11) is -3.37. The summed E-state index contributed by atoms with van der Waals surface area (Å²) in [6.07, 6.45) is 7.10. The molecule has 1 saturated heterocycles. The molecule has 9 nitrogen and oxygen atoms in total. The molecular formula is C19H23N5O4S. The van der Waals surface area contributed by atoms with Crippen LogP contribution in [0.4, 0.5) is 0 Å². The molecule has 4 heterocycles. The average molecular weight is 417 g/mol. The molecular weight excluding hydrogens is 394 g/mol. The van der Waals surface area contributed by atoms with E-state index in [0.717, 1.165) is 19.1 Å². The summed E-state index contributed by atoms with van der Waals surface area (Å²) in [5.41, 5.74) is 1.23. The second-order valence-electron chi connectivity index (χ2n) is 7.47. The summed E-state index contributed by atoms with van der Waals surface area (Å²) in [6, 6.07) is 3.07. The number of sulfonamides is 1. The van der Waals surface area contributed by atoms with Crippen LogP contribution in [-0.2, 0) is 23.0 Å². The van der Waals surface area contributed by atoms with E-state index >= 15 is 0 Å². The maximum Gasteiger partial charge on any atom is 0.256 e. The predicted molar refractivity (Wildman–Crippen MR) is 106 cm³/mol. The van der Waals surface area contributed by atoms with Crippen LogP contribution in [-0.4, -0.2) is 57.8 Å². The molecule has 2 aromatic rings. The number of carbonyl (C=O) groups is 1. The number of H-pyrrole nitrogens is 1. The molecule has 29 heavy (non-hydrogen) atoms. The number of aromatic nitrogens is 3. The zero-order valence-electron chi connectivity index (χ0n) is 16.2. The zero-order chi connectivity index (χ0) is 20.6. The van der Waals surface area contributed by atoms with Crippen molar-refractivity contribution < 1.29 is 13.2 Å². The van der Waals surface area contributed by atoms with Gasteiger partial charge in [-0.25, -0.2) is 13.4 Å². The summed E-state index contributed by atoms with van der Waals surface area (Å²) >= 11 is 0. The van der Waals surface area contributed by atoms with Gasteiger partial charge in [0, 0.05) is 31.0 Å². The number of amides is 1. The van der Waals surface area contributed by atoms with E-state index in [4.69, 9.17) is 0 Å². The molecule has 0 aliphatic carbocycles. The van der Waals surface area contributed by atoms with Crippen LogP contribution in [0, 0.1) is 0 Å². The normalized spacial score (nSPS) is 20.3. The fraction of sp³-hybridized carbons (Fsp3) is 0.474. The largest absolute Gasteiger partial charge is 0.328 e. The van der Waals surface area contributed by atoms with Gasteiger partial charge in [-0.05, 0) is 37.8 Å². The Labute approximate surface area is 168 Å². The number of piperidine rings is 1. The summed E-state index contributed by atoms with van der Waals surface area (Å²) in [6.45, 7) is 0.911. The van der Waals surface area contributed by atoms with Crippen molar-refractivity contribution >= 4 is 15.9 Å². The topological polar surface area (TPSA) is 116 Å². The number of rotatable bonds is 3. The van der Waals surface area contributed by atoms with Gasteiger partial charge < -0.3 is 9.88 Å². The third-order valence-corrected chi connectivity index (χ3v) is 6.76. The van der Waals surface area contributed by atoms with Crippen molar-refractivity contribution in [3.05, 3.63) is 57.5 Å². The number of hydrogen-bond donors (Lipinski definition) is 1. The maximum absolute atomic E-state index is 13.0. The summed E-state index contributed by atoms with van der Waals surface area (Å²) in [5, 5.41) is 0. The van der Waals surface area contributed by atoms with E-state index in [-0.39, 0.29) is 30.6 Å². The number of pyridine rings is 1. The van der Waals surface area contributed by atoms with Crippen molar-refractivity contribution in [3.63, 3.8) is 0 Å². The number of hydrogen-bond acceptors (Lipinski definition) is 6. The summed E-state index contributed by atoms with van der Waals surface area (Å²) < 4.78 is 25.2. The highest BCUT2D eigenvalue weighted by molar-refractivity contribution is 7.88. The average Bonchev–Trinajstić information content (AvgIpc) is 2.73. The van der Waals surface area contributed by atoms with Crippen molar-refractivity contribution in [2.75, 3.05) is 19.3 Å². The van der Waals surface area contributed by atoms with Crippen LogP contribution in [0.3, 0.4) is 0 Å². The van der Waals surface area contributed by atoms with Crippen LogP contribution in [0.2, 0.25) is 0 Å². The first-order valence-corrected chi connectivity index (χ1v) is 11.5. The molecule has 2 aromatic heterocycles. The minimum absolute atomic E-state index is 0.0777. The molecule has 1 fully saturated rings. The van der Waals surface area contributed by atoms with Crippen molar-refractivity contribution in [1.82, 2.24) is 24.2 Å². The number of nitrogens with one attached hydrogen (secondary N) is 1. The van der Waals surface area contributed by atoms with E-state index in [0.29, 0.717) is 42.0 Å². The second kappa shape index (κ2) is 7.68. The second-order valence-corrected chi connectivity index (χ2v) is 9.46. The van der Waals surface area contributed by atoms with Crippen molar-refractivity contribution in [1.29, 1.82) is 0 Å². The third-order valence-electron chi connectivity index (χ3n) is 5.51. The smallest absolute Gasteiger partial charge is 0.256 e. The first-order valence-electron chi connectivity index (χ1n) is 9.62. The van der Waals surface area contributed by atoms with Crippen LogP contribution < -0.4 is 5.56 Å². The Morgan fingerprint density at radius 1 is 1.28 bits per heavy atom. The summed E-state index contributed by atoms with van der Waals surface area (Å²) in [5.74, 6) is 0.266. The first kappa shape index (κ1) is 19.7. The lowest BCUT2D eigenvalue weighted by atomic mass is 9.99. The molecule has 154 valence electrons. The fourth-order valence-electron chi connectivity index (χ4n) is 3.99. The quantitative estimate of drug-likeness (QED) is 0.791. The Bertz CT molecular complexity index is 1080. The van der Waals surface area contributed by atoms with Gasteiger partial charge in [-0.3, -0.25) is 14.6 Å². The van der Waals surface area contributed by atoms with Crippen LogP contribution in [0.1, 0.15) is 52.7 Å². The Morgan fingerprint density at radius 2 is 2.10 bits per heavy atom. The van der Waals surface area contributed by atoms with Gasteiger partial charge in [-0.1, -0.05) is 0 Å². The van der Waals surface area contributed by atoms with Crippen LogP contribution in [0.25, 0.3) is 0 Å². The fourth-order valence-corrected chi connectivity index (χ4v) is 4.77. The van der Waals surface area contributed by atoms with Crippen molar-refractivity contribution in [2.24, 2.45) is 0 Å². The van der Waals surface area contributed by atoms with E-state index in [1.807, 2.05) is 0 Å². The maximum atomic E-state index is 13.0. The number of aromatic amines is 1. The number of carbonyl (C=O) groups excluding carboxylic acids is 1. The monoisotopic (exact) mass is 417 g/mol. The Balaban J connectivity index is 1.69.